The first kappa shape index (κ1) is 8.10. The normalized spacial score (nSPS) is 19.2. The summed E-state index contributed by atoms with van der Waals surface area (Å²) in [7, 11) is 0. The molecule has 0 bridgehead atoms. The Hall–Kier alpha value is -1.51. The van der Waals surface area contributed by atoms with E-state index in [-0.39, 0.29) is 11.7 Å². The smallest absolute Gasteiger partial charge is 0.120 e. The van der Waals surface area contributed by atoms with E-state index in [0.717, 1.165) is 24.1 Å². The Balaban J connectivity index is 2.34. The molecule has 1 aliphatic heterocycles. The lowest BCUT2D eigenvalue weighted by molar-refractivity contribution is -0.108. The van der Waals surface area contributed by atoms with Gasteiger partial charge in [-0.15, -0.1) is 0 Å². The van der Waals surface area contributed by atoms with Crippen molar-refractivity contribution < 1.29 is 9.90 Å². The number of carbonyl (C=O) groups is 1. The van der Waals surface area contributed by atoms with Gasteiger partial charge in [-0.2, -0.15) is 0 Å². The third-order valence-electron chi connectivity index (χ3n) is 2.39. The Labute approximate surface area is 76.4 Å². The van der Waals surface area contributed by atoms with Crippen LogP contribution in [0.1, 0.15) is 17.9 Å². The summed E-state index contributed by atoms with van der Waals surface area (Å²) in [6.07, 6.45) is 1.44. The van der Waals surface area contributed by atoms with E-state index >= 15 is 0 Å². The molecule has 0 fully saturated rings. The van der Waals surface area contributed by atoms with Crippen molar-refractivity contribution in [2.75, 3.05) is 11.9 Å². The first-order valence-electron chi connectivity index (χ1n) is 4.31. The van der Waals surface area contributed by atoms with Gasteiger partial charge in [-0.05, 0) is 23.8 Å². The number of benzene rings is 1. The Kier molecular flexibility index (Phi) is 1.93. The second kappa shape index (κ2) is 3.09. The quantitative estimate of drug-likeness (QED) is 0.531. The van der Waals surface area contributed by atoms with Gasteiger partial charge in [-0.3, -0.25) is 0 Å². The molecular formula is C10H11NO2. The van der Waals surface area contributed by atoms with E-state index in [2.05, 4.69) is 5.32 Å². The summed E-state index contributed by atoms with van der Waals surface area (Å²) in [6, 6.07) is 5.22. The minimum absolute atomic E-state index is 0.222. The lowest BCUT2D eigenvalue weighted by Crippen LogP contribution is -2.01. The zero-order chi connectivity index (χ0) is 9.26. The molecule has 0 amide bonds. The average Bonchev–Trinajstić information content (AvgIpc) is 2.49. The van der Waals surface area contributed by atoms with Gasteiger partial charge in [0, 0.05) is 24.6 Å². The summed E-state index contributed by atoms with van der Waals surface area (Å²) in [4.78, 5) is 10.4. The molecule has 1 heterocycles. The number of phenols is 1. The highest BCUT2D eigenvalue weighted by Crippen LogP contribution is 2.35. The van der Waals surface area contributed by atoms with Gasteiger partial charge in [0.05, 0.1) is 0 Å². The van der Waals surface area contributed by atoms with Crippen molar-refractivity contribution in [2.24, 2.45) is 0 Å². The molecule has 0 saturated heterocycles. The standard InChI is InChI=1S/C10H11NO2/c12-4-3-7-6-11-10-2-1-8(13)5-9(7)10/h1-2,4-5,7,11,13H,3,6H2. The lowest BCUT2D eigenvalue weighted by Gasteiger charge is -2.04. The number of aromatic hydroxyl groups is 1. The van der Waals surface area contributed by atoms with Crippen molar-refractivity contribution in [3.8, 4) is 5.75 Å². The molecule has 0 spiro atoms. The average molecular weight is 177 g/mol. The highest BCUT2D eigenvalue weighted by molar-refractivity contribution is 5.63. The topological polar surface area (TPSA) is 49.3 Å². The summed E-state index contributed by atoms with van der Waals surface area (Å²) in [5, 5.41) is 12.5. The van der Waals surface area contributed by atoms with Gasteiger partial charge >= 0.3 is 0 Å². The predicted octanol–water partition coefficient (Wildman–Crippen LogP) is 1.49. The predicted molar refractivity (Wildman–Crippen MR) is 50.0 cm³/mol. The maximum Gasteiger partial charge on any atom is 0.120 e. The maximum atomic E-state index is 10.4. The first-order valence-corrected chi connectivity index (χ1v) is 4.31. The van der Waals surface area contributed by atoms with Crippen LogP contribution < -0.4 is 5.32 Å². The summed E-state index contributed by atoms with van der Waals surface area (Å²) >= 11 is 0. The van der Waals surface area contributed by atoms with E-state index in [0.29, 0.717) is 6.42 Å². The van der Waals surface area contributed by atoms with Gasteiger partial charge in [-0.25, -0.2) is 0 Å². The van der Waals surface area contributed by atoms with Gasteiger partial charge in [0.1, 0.15) is 12.0 Å². The number of phenolic OH excluding ortho intramolecular Hbond substituents is 1. The maximum absolute atomic E-state index is 10.4. The van der Waals surface area contributed by atoms with Crippen LogP contribution in [0.2, 0.25) is 0 Å². The van der Waals surface area contributed by atoms with E-state index in [1.807, 2.05) is 6.07 Å². The molecule has 0 radical (unpaired) electrons. The molecule has 13 heavy (non-hydrogen) atoms. The number of hydrogen-bond acceptors (Lipinski definition) is 3. The molecule has 3 heteroatoms. The fourth-order valence-electron chi connectivity index (χ4n) is 1.72. The van der Waals surface area contributed by atoms with Crippen LogP contribution in [-0.2, 0) is 4.79 Å². The molecule has 1 aliphatic rings. The second-order valence-corrected chi connectivity index (χ2v) is 3.25. The third-order valence-corrected chi connectivity index (χ3v) is 2.39. The first-order chi connectivity index (χ1) is 6.31. The number of nitrogens with one attached hydrogen (secondary N) is 1. The van der Waals surface area contributed by atoms with Gasteiger partial charge in [0.2, 0.25) is 0 Å². The zero-order valence-corrected chi connectivity index (χ0v) is 7.16. The zero-order valence-electron chi connectivity index (χ0n) is 7.16. The van der Waals surface area contributed by atoms with E-state index in [1.165, 1.54) is 0 Å². The molecule has 2 rings (SSSR count). The van der Waals surface area contributed by atoms with Crippen molar-refractivity contribution in [1.29, 1.82) is 0 Å². The van der Waals surface area contributed by atoms with Crippen LogP contribution in [0.15, 0.2) is 18.2 Å². The number of hydrogen-bond donors (Lipinski definition) is 2. The van der Waals surface area contributed by atoms with E-state index in [4.69, 9.17) is 0 Å². The Bertz CT molecular complexity index is 336. The van der Waals surface area contributed by atoms with Crippen LogP contribution >= 0.6 is 0 Å². The number of rotatable bonds is 2. The van der Waals surface area contributed by atoms with Crippen LogP contribution in [0.25, 0.3) is 0 Å². The fourth-order valence-corrected chi connectivity index (χ4v) is 1.72. The highest BCUT2D eigenvalue weighted by atomic mass is 16.3. The minimum Gasteiger partial charge on any atom is -0.508 e. The monoisotopic (exact) mass is 177 g/mol. The molecule has 1 aromatic carbocycles. The SMILES string of the molecule is O=CCC1CNc2ccc(O)cc21. The van der Waals surface area contributed by atoms with Crippen molar-refractivity contribution >= 4 is 12.0 Å². The lowest BCUT2D eigenvalue weighted by atomic mass is 9.98. The second-order valence-electron chi connectivity index (χ2n) is 3.25. The minimum atomic E-state index is 0.222. The third kappa shape index (κ3) is 1.37. The molecule has 2 N–H and O–H groups in total. The van der Waals surface area contributed by atoms with Crippen molar-refractivity contribution in [3.63, 3.8) is 0 Å². The molecule has 0 saturated carbocycles. The molecule has 0 aliphatic carbocycles. The molecule has 1 atom stereocenters. The van der Waals surface area contributed by atoms with Crippen LogP contribution in [0.5, 0.6) is 5.75 Å². The molecule has 68 valence electrons. The van der Waals surface area contributed by atoms with E-state index < -0.39 is 0 Å². The van der Waals surface area contributed by atoms with Crippen molar-refractivity contribution in [2.45, 2.75) is 12.3 Å². The molecule has 0 aromatic heterocycles. The summed E-state index contributed by atoms with van der Waals surface area (Å²) in [6.45, 7) is 0.789. The van der Waals surface area contributed by atoms with Crippen LogP contribution in [0, 0.1) is 0 Å². The van der Waals surface area contributed by atoms with Crippen molar-refractivity contribution in [3.05, 3.63) is 23.8 Å². The molecule has 3 nitrogen and oxygen atoms in total. The van der Waals surface area contributed by atoms with Gasteiger partial charge in [-0.1, -0.05) is 0 Å². The fraction of sp³-hybridized carbons (Fsp3) is 0.300. The molecule has 1 unspecified atom stereocenters. The number of carbonyl (C=O) groups excluding carboxylic acids is 1. The van der Waals surface area contributed by atoms with Crippen LogP contribution in [0.3, 0.4) is 0 Å². The van der Waals surface area contributed by atoms with Crippen LogP contribution in [0.4, 0.5) is 5.69 Å². The van der Waals surface area contributed by atoms with Gasteiger partial charge in [0.15, 0.2) is 0 Å². The van der Waals surface area contributed by atoms with Gasteiger partial charge in [0.25, 0.3) is 0 Å². The number of aldehydes is 1. The summed E-state index contributed by atoms with van der Waals surface area (Å²) < 4.78 is 0. The van der Waals surface area contributed by atoms with Crippen LogP contribution in [-0.4, -0.2) is 17.9 Å². The Morgan fingerprint density at radius 3 is 3.23 bits per heavy atom. The summed E-state index contributed by atoms with van der Waals surface area (Å²) in [5.41, 5.74) is 2.08. The highest BCUT2D eigenvalue weighted by Gasteiger charge is 2.21. The largest absolute Gasteiger partial charge is 0.508 e. The van der Waals surface area contributed by atoms with Crippen molar-refractivity contribution in [1.82, 2.24) is 0 Å². The molecule has 1 aromatic rings. The van der Waals surface area contributed by atoms with Gasteiger partial charge < -0.3 is 15.2 Å². The number of anilines is 1. The van der Waals surface area contributed by atoms with E-state index in [1.54, 1.807) is 12.1 Å². The Morgan fingerprint density at radius 2 is 2.46 bits per heavy atom. The molecular weight excluding hydrogens is 166 g/mol. The summed E-state index contributed by atoms with van der Waals surface area (Å²) in [5.74, 6) is 0.484. The number of fused-ring (bicyclic) bond motifs is 1. The van der Waals surface area contributed by atoms with E-state index in [9.17, 15) is 9.90 Å². The Morgan fingerprint density at radius 1 is 1.62 bits per heavy atom.